The third-order valence-corrected chi connectivity index (χ3v) is 7.26. The number of rotatable bonds is 6. The van der Waals surface area contributed by atoms with Crippen LogP contribution >= 0.6 is 15.9 Å². The van der Waals surface area contributed by atoms with Crippen LogP contribution in [0.4, 0.5) is 11.4 Å². The molecule has 2 aliphatic rings. The number of halogens is 1. The van der Waals surface area contributed by atoms with Crippen LogP contribution in [0.25, 0.3) is 0 Å². The molecule has 1 heterocycles. The Morgan fingerprint density at radius 2 is 1.94 bits per heavy atom. The lowest BCUT2D eigenvalue weighted by Crippen LogP contribution is -2.29. The van der Waals surface area contributed by atoms with Crippen LogP contribution in [-0.2, 0) is 0 Å². The molecule has 3 aromatic carbocycles. The summed E-state index contributed by atoms with van der Waals surface area (Å²) < 4.78 is 12.0. The van der Waals surface area contributed by atoms with Crippen LogP contribution in [-0.4, -0.2) is 19.9 Å². The lowest BCUT2D eigenvalue weighted by molar-refractivity contribution is 0.309. The molecule has 3 atom stereocenters. The van der Waals surface area contributed by atoms with E-state index in [1.54, 1.807) is 7.11 Å². The second-order valence-corrected chi connectivity index (χ2v) is 9.74. The number of aryl methyl sites for hydroxylation is 1. The first kappa shape index (κ1) is 22.7. The predicted octanol–water partition coefficient (Wildman–Crippen LogP) is 7.74. The Hall–Kier alpha value is -3.05. The fraction of sp³-hybridized carbons (Fsp3) is 0.276. The summed E-state index contributed by atoms with van der Waals surface area (Å²) in [5, 5.41) is 3.81. The monoisotopic (exact) mass is 516 g/mol. The van der Waals surface area contributed by atoms with E-state index in [4.69, 9.17) is 14.5 Å². The lowest BCUT2D eigenvalue weighted by Gasteiger charge is -2.37. The van der Waals surface area contributed by atoms with Gasteiger partial charge in [0.2, 0.25) is 0 Å². The minimum absolute atomic E-state index is 0.291. The number of hydrogen-bond donors (Lipinski definition) is 1. The Morgan fingerprint density at radius 3 is 2.71 bits per heavy atom. The lowest BCUT2D eigenvalue weighted by atomic mass is 9.76. The molecular weight excluding hydrogens is 488 g/mol. The zero-order valence-corrected chi connectivity index (χ0v) is 21.3. The summed E-state index contributed by atoms with van der Waals surface area (Å²) in [7, 11) is 1.65. The molecule has 0 unspecified atom stereocenters. The molecule has 4 nitrogen and oxygen atoms in total. The van der Waals surface area contributed by atoms with Gasteiger partial charge in [-0.25, -0.2) is 0 Å². The van der Waals surface area contributed by atoms with Gasteiger partial charge < -0.3 is 14.8 Å². The van der Waals surface area contributed by atoms with Gasteiger partial charge in [0, 0.05) is 17.8 Å². The molecular formula is C29H29BrN2O2. The van der Waals surface area contributed by atoms with Crippen LogP contribution in [0.3, 0.4) is 0 Å². The molecule has 0 spiro atoms. The molecule has 1 aliphatic heterocycles. The number of fused-ring (bicyclic) bond motifs is 3. The SMILES string of the molecule is CCOc1c(Br)cc(C=Nc2ccc([C@@H]3Nc4ccc(C)cc4[C@@H]4C=CC[C@@H]43)cc2)cc1OC. The van der Waals surface area contributed by atoms with Crippen LogP contribution < -0.4 is 14.8 Å². The van der Waals surface area contributed by atoms with Gasteiger partial charge in [-0.05, 0) is 89.1 Å². The molecule has 174 valence electrons. The van der Waals surface area contributed by atoms with Crippen molar-refractivity contribution in [2.24, 2.45) is 10.9 Å². The first-order valence-electron chi connectivity index (χ1n) is 11.8. The summed E-state index contributed by atoms with van der Waals surface area (Å²) in [4.78, 5) is 4.69. The van der Waals surface area contributed by atoms with Gasteiger partial charge in [0.05, 0.1) is 29.9 Å². The smallest absolute Gasteiger partial charge is 0.175 e. The van der Waals surface area contributed by atoms with Crippen molar-refractivity contribution in [1.29, 1.82) is 0 Å². The second-order valence-electron chi connectivity index (χ2n) is 8.88. The van der Waals surface area contributed by atoms with E-state index >= 15 is 0 Å². The summed E-state index contributed by atoms with van der Waals surface area (Å²) in [6.45, 7) is 4.70. The summed E-state index contributed by atoms with van der Waals surface area (Å²) in [6.07, 6.45) is 7.68. The highest BCUT2D eigenvalue weighted by Crippen LogP contribution is 2.50. The Kier molecular flexibility index (Phi) is 6.46. The topological polar surface area (TPSA) is 42.8 Å². The Morgan fingerprint density at radius 1 is 1.12 bits per heavy atom. The number of nitrogens with zero attached hydrogens (tertiary/aromatic N) is 1. The zero-order chi connectivity index (χ0) is 23.7. The molecule has 1 N–H and O–H groups in total. The van der Waals surface area contributed by atoms with E-state index < -0.39 is 0 Å². The van der Waals surface area contributed by atoms with Crippen LogP contribution in [0.1, 0.15) is 47.6 Å². The van der Waals surface area contributed by atoms with Gasteiger partial charge in [-0.15, -0.1) is 0 Å². The van der Waals surface area contributed by atoms with Crippen molar-refractivity contribution in [2.45, 2.75) is 32.2 Å². The molecule has 0 bridgehead atoms. The maximum absolute atomic E-state index is 5.68. The van der Waals surface area contributed by atoms with E-state index in [0.29, 0.717) is 36.0 Å². The number of ether oxygens (including phenoxy) is 2. The van der Waals surface area contributed by atoms with Gasteiger partial charge in [0.25, 0.3) is 0 Å². The maximum Gasteiger partial charge on any atom is 0.175 e. The van der Waals surface area contributed by atoms with E-state index in [2.05, 4.69) is 82.8 Å². The van der Waals surface area contributed by atoms with Crippen molar-refractivity contribution in [3.05, 3.63) is 93.5 Å². The van der Waals surface area contributed by atoms with Crippen LogP contribution in [0.5, 0.6) is 11.5 Å². The molecule has 5 heteroatoms. The van der Waals surface area contributed by atoms with Crippen molar-refractivity contribution in [3.8, 4) is 11.5 Å². The molecule has 3 aromatic rings. The normalized spacial score (nSPS) is 20.6. The van der Waals surface area contributed by atoms with Crippen molar-refractivity contribution in [2.75, 3.05) is 19.0 Å². The predicted molar refractivity (Wildman–Crippen MR) is 143 cm³/mol. The summed E-state index contributed by atoms with van der Waals surface area (Å²) in [5.41, 5.74) is 7.15. The molecule has 34 heavy (non-hydrogen) atoms. The summed E-state index contributed by atoms with van der Waals surface area (Å²) in [6, 6.07) is 19.6. The van der Waals surface area contributed by atoms with E-state index in [9.17, 15) is 0 Å². The standard InChI is InChI=1S/C29H29BrN2O2/c1-4-34-29-25(30)15-19(16-27(29)33-3)17-31-21-11-9-20(10-12-21)28-23-7-5-6-22(23)24-14-18(2)8-13-26(24)32-28/h5-6,8-17,22-23,28,32H,4,7H2,1-3H3/t22-,23+,28+/m1/s1. The minimum Gasteiger partial charge on any atom is -0.493 e. The molecule has 0 aromatic heterocycles. The average molecular weight is 517 g/mol. The van der Waals surface area contributed by atoms with E-state index in [0.717, 1.165) is 22.1 Å². The average Bonchev–Trinajstić information content (AvgIpc) is 3.34. The largest absolute Gasteiger partial charge is 0.493 e. The van der Waals surface area contributed by atoms with Crippen molar-refractivity contribution in [3.63, 3.8) is 0 Å². The summed E-state index contributed by atoms with van der Waals surface area (Å²) >= 11 is 3.58. The van der Waals surface area contributed by atoms with Crippen LogP contribution in [0.2, 0.25) is 0 Å². The highest BCUT2D eigenvalue weighted by molar-refractivity contribution is 9.10. The number of allylic oxidation sites excluding steroid dienone is 2. The number of hydrogen-bond acceptors (Lipinski definition) is 4. The van der Waals surface area contributed by atoms with Gasteiger partial charge >= 0.3 is 0 Å². The van der Waals surface area contributed by atoms with Crippen molar-refractivity contribution in [1.82, 2.24) is 0 Å². The highest BCUT2D eigenvalue weighted by atomic mass is 79.9. The molecule has 0 radical (unpaired) electrons. The third-order valence-electron chi connectivity index (χ3n) is 6.67. The number of anilines is 1. The summed E-state index contributed by atoms with van der Waals surface area (Å²) in [5.74, 6) is 2.42. The Bertz CT molecular complexity index is 1250. The first-order chi connectivity index (χ1) is 16.6. The van der Waals surface area contributed by atoms with Gasteiger partial charge in [-0.2, -0.15) is 0 Å². The van der Waals surface area contributed by atoms with Gasteiger partial charge in [0.1, 0.15) is 0 Å². The molecule has 0 amide bonds. The van der Waals surface area contributed by atoms with Crippen molar-refractivity contribution < 1.29 is 9.47 Å². The molecule has 1 aliphatic carbocycles. The maximum atomic E-state index is 5.68. The van der Waals surface area contributed by atoms with Crippen LogP contribution in [0.15, 0.2) is 76.2 Å². The van der Waals surface area contributed by atoms with Crippen LogP contribution in [0, 0.1) is 12.8 Å². The number of methoxy groups -OCH3 is 1. The fourth-order valence-corrected chi connectivity index (χ4v) is 5.63. The number of nitrogens with one attached hydrogen (secondary N) is 1. The van der Waals surface area contributed by atoms with E-state index in [-0.39, 0.29) is 0 Å². The quantitative estimate of drug-likeness (QED) is 0.269. The molecule has 5 rings (SSSR count). The highest BCUT2D eigenvalue weighted by Gasteiger charge is 2.37. The van der Waals surface area contributed by atoms with Gasteiger partial charge in [-0.1, -0.05) is 42.0 Å². The number of aliphatic imine (C=N–C) groups is 1. The molecule has 0 saturated carbocycles. The Labute approximate surface area is 209 Å². The molecule has 0 saturated heterocycles. The fourth-order valence-electron chi connectivity index (χ4n) is 5.06. The Balaban J connectivity index is 1.36. The van der Waals surface area contributed by atoms with Crippen molar-refractivity contribution >= 4 is 33.5 Å². The van der Waals surface area contributed by atoms with E-state index in [1.165, 1.54) is 22.4 Å². The van der Waals surface area contributed by atoms with E-state index in [1.807, 2.05) is 25.3 Å². The van der Waals surface area contributed by atoms with Gasteiger partial charge in [-0.3, -0.25) is 4.99 Å². The first-order valence-corrected chi connectivity index (χ1v) is 12.5. The zero-order valence-electron chi connectivity index (χ0n) is 19.7. The third kappa shape index (κ3) is 4.37. The minimum atomic E-state index is 0.291. The number of benzene rings is 3. The second kappa shape index (κ2) is 9.67. The van der Waals surface area contributed by atoms with Gasteiger partial charge in [0.15, 0.2) is 11.5 Å². The molecule has 0 fully saturated rings.